The minimum absolute atomic E-state index is 0.155. The van der Waals surface area contributed by atoms with Crippen molar-refractivity contribution in [2.24, 2.45) is 13.0 Å². The summed E-state index contributed by atoms with van der Waals surface area (Å²) in [6, 6.07) is 8.54. The highest BCUT2D eigenvalue weighted by atomic mass is 16.2. The topological polar surface area (TPSA) is 85.0 Å². The summed E-state index contributed by atoms with van der Waals surface area (Å²) in [5.74, 6) is 1.19. The maximum absolute atomic E-state index is 13.0. The molecule has 0 spiro atoms. The molecule has 4 heterocycles. The smallest absolute Gasteiger partial charge is 0.225 e. The van der Waals surface area contributed by atoms with Crippen molar-refractivity contribution >= 4 is 5.91 Å². The third kappa shape index (κ3) is 5.11. The van der Waals surface area contributed by atoms with Crippen molar-refractivity contribution in [1.82, 2.24) is 39.3 Å². The van der Waals surface area contributed by atoms with E-state index in [0.717, 1.165) is 79.7 Å². The first-order valence-corrected chi connectivity index (χ1v) is 13.5. The van der Waals surface area contributed by atoms with Crippen LogP contribution in [0.2, 0.25) is 0 Å². The summed E-state index contributed by atoms with van der Waals surface area (Å²) in [6.45, 7) is 3.66. The highest BCUT2D eigenvalue weighted by Gasteiger charge is 2.31. The molecule has 2 aliphatic rings. The van der Waals surface area contributed by atoms with Gasteiger partial charge in [0.2, 0.25) is 5.91 Å². The fourth-order valence-electron chi connectivity index (χ4n) is 5.59. The first-order chi connectivity index (χ1) is 18.5. The van der Waals surface area contributed by atoms with Crippen molar-refractivity contribution in [1.29, 1.82) is 0 Å². The molecular formula is C29H34N8O. The largest absolute Gasteiger partial charge is 0.340 e. The van der Waals surface area contributed by atoms with Crippen LogP contribution in [0.1, 0.15) is 31.7 Å². The zero-order chi connectivity index (χ0) is 26.1. The van der Waals surface area contributed by atoms with Crippen LogP contribution < -0.4 is 0 Å². The average Bonchev–Trinajstić information content (AvgIpc) is 3.63. The molecule has 0 unspecified atom stereocenters. The number of hydrogen-bond acceptors (Lipinski definition) is 6. The van der Waals surface area contributed by atoms with Gasteiger partial charge < -0.3 is 9.80 Å². The third-order valence-electron chi connectivity index (χ3n) is 7.98. The van der Waals surface area contributed by atoms with Crippen molar-refractivity contribution in [2.45, 2.75) is 31.7 Å². The van der Waals surface area contributed by atoms with Crippen molar-refractivity contribution in [3.8, 4) is 33.6 Å². The molecule has 3 aromatic heterocycles. The first-order valence-electron chi connectivity index (χ1n) is 13.5. The predicted octanol–water partition coefficient (Wildman–Crippen LogP) is 3.91. The van der Waals surface area contributed by atoms with Crippen LogP contribution in [0.15, 0.2) is 61.4 Å². The second kappa shape index (κ2) is 10.5. The van der Waals surface area contributed by atoms with Gasteiger partial charge in [-0.1, -0.05) is 18.2 Å². The van der Waals surface area contributed by atoms with Gasteiger partial charge in [-0.25, -0.2) is 9.97 Å². The van der Waals surface area contributed by atoms with E-state index in [1.54, 1.807) is 4.68 Å². The van der Waals surface area contributed by atoms with E-state index in [2.05, 4.69) is 60.0 Å². The maximum Gasteiger partial charge on any atom is 0.225 e. The molecule has 1 amide bonds. The van der Waals surface area contributed by atoms with Gasteiger partial charge in [-0.2, -0.15) is 10.2 Å². The minimum Gasteiger partial charge on any atom is -0.340 e. The fourth-order valence-corrected chi connectivity index (χ4v) is 5.59. The zero-order valence-electron chi connectivity index (χ0n) is 22.1. The number of nitrogens with zero attached hydrogens (tertiary/aromatic N) is 8. The lowest BCUT2D eigenvalue weighted by atomic mass is 9.85. The maximum atomic E-state index is 13.0. The van der Waals surface area contributed by atoms with Crippen LogP contribution in [0.4, 0.5) is 0 Å². The minimum atomic E-state index is 0.155. The second-order valence-corrected chi connectivity index (χ2v) is 10.6. The number of likely N-dealkylation sites (N-methyl/N-ethyl adjacent to an activating group) is 1. The monoisotopic (exact) mass is 510 g/mol. The second-order valence-electron chi connectivity index (χ2n) is 10.6. The third-order valence-corrected chi connectivity index (χ3v) is 7.98. The van der Waals surface area contributed by atoms with Crippen LogP contribution in [0, 0.1) is 5.92 Å². The van der Waals surface area contributed by atoms with E-state index in [-0.39, 0.29) is 5.92 Å². The highest BCUT2D eigenvalue weighted by Crippen LogP contribution is 2.34. The Hall–Kier alpha value is -3.85. The van der Waals surface area contributed by atoms with Gasteiger partial charge in [0, 0.05) is 86.2 Å². The number of aryl methyl sites for hydroxylation is 1. The highest BCUT2D eigenvalue weighted by molar-refractivity contribution is 5.79. The lowest BCUT2D eigenvalue weighted by molar-refractivity contribution is -0.138. The van der Waals surface area contributed by atoms with E-state index in [9.17, 15) is 4.79 Å². The van der Waals surface area contributed by atoms with E-state index in [0.29, 0.717) is 17.8 Å². The molecule has 0 N–H and O–H groups in total. The number of piperazine rings is 1. The summed E-state index contributed by atoms with van der Waals surface area (Å²) < 4.78 is 3.87. The molecule has 9 nitrogen and oxygen atoms in total. The predicted molar refractivity (Wildman–Crippen MR) is 146 cm³/mol. The van der Waals surface area contributed by atoms with Crippen LogP contribution in [0.5, 0.6) is 0 Å². The van der Waals surface area contributed by atoms with Gasteiger partial charge >= 0.3 is 0 Å². The number of benzene rings is 1. The van der Waals surface area contributed by atoms with Gasteiger partial charge in [0.1, 0.15) is 0 Å². The normalized spacial score (nSPS) is 20.5. The van der Waals surface area contributed by atoms with Crippen molar-refractivity contribution in [3.63, 3.8) is 0 Å². The van der Waals surface area contributed by atoms with Crippen molar-refractivity contribution in [3.05, 3.63) is 61.4 Å². The summed E-state index contributed by atoms with van der Waals surface area (Å²) in [5, 5.41) is 8.93. The standard InChI is InChI=1S/C29H34N8O/c1-34-10-12-36(13-11-34)29(38)21-6-8-27(9-7-21)37-20-26(18-33-37)24-15-30-28(31-16-24)23-5-3-4-22(14-23)25-17-32-35(2)19-25/h3-5,14-21,27H,6-13H2,1-2H3/t21-,27-. The van der Waals surface area contributed by atoms with Crippen molar-refractivity contribution < 1.29 is 4.79 Å². The van der Waals surface area contributed by atoms with Gasteiger partial charge in [-0.15, -0.1) is 0 Å². The number of rotatable bonds is 5. The number of amides is 1. The molecule has 1 saturated heterocycles. The van der Waals surface area contributed by atoms with Gasteiger partial charge in [0.05, 0.1) is 18.4 Å². The molecule has 4 aromatic rings. The van der Waals surface area contributed by atoms with Gasteiger partial charge in [0.15, 0.2) is 5.82 Å². The Kier molecular flexibility index (Phi) is 6.76. The molecule has 6 rings (SSSR count). The summed E-state index contributed by atoms with van der Waals surface area (Å²) in [7, 11) is 4.04. The van der Waals surface area contributed by atoms with E-state index in [1.807, 2.05) is 50.2 Å². The summed E-state index contributed by atoms with van der Waals surface area (Å²) in [6.07, 6.45) is 15.4. The quantitative estimate of drug-likeness (QED) is 0.405. The molecule has 0 radical (unpaired) electrons. The van der Waals surface area contributed by atoms with E-state index < -0.39 is 0 Å². The Balaban J connectivity index is 1.09. The molecule has 38 heavy (non-hydrogen) atoms. The van der Waals surface area contributed by atoms with Gasteiger partial charge in [-0.3, -0.25) is 14.2 Å². The molecule has 1 saturated carbocycles. The Morgan fingerprint density at radius 2 is 1.45 bits per heavy atom. The number of aromatic nitrogens is 6. The first kappa shape index (κ1) is 24.5. The molecule has 0 bridgehead atoms. The van der Waals surface area contributed by atoms with E-state index in [1.165, 1.54) is 0 Å². The van der Waals surface area contributed by atoms with Gasteiger partial charge in [-0.05, 0) is 44.4 Å². The summed E-state index contributed by atoms with van der Waals surface area (Å²) in [4.78, 5) is 26.6. The van der Waals surface area contributed by atoms with Crippen LogP contribution in [0.3, 0.4) is 0 Å². The van der Waals surface area contributed by atoms with Crippen LogP contribution in [-0.2, 0) is 11.8 Å². The molecule has 196 valence electrons. The summed E-state index contributed by atoms with van der Waals surface area (Å²) in [5.41, 5.74) is 5.08. The SMILES string of the molecule is CN1CCN(C(=O)[C@H]2CC[C@H](n3cc(-c4cnc(-c5cccc(-c6cnn(C)c6)c5)nc4)cn3)CC2)CC1. The Morgan fingerprint density at radius 3 is 2.16 bits per heavy atom. The summed E-state index contributed by atoms with van der Waals surface area (Å²) >= 11 is 0. The Morgan fingerprint density at radius 1 is 0.763 bits per heavy atom. The van der Waals surface area contributed by atoms with Gasteiger partial charge in [0.25, 0.3) is 0 Å². The number of carbonyl (C=O) groups excluding carboxylic acids is 1. The van der Waals surface area contributed by atoms with E-state index >= 15 is 0 Å². The van der Waals surface area contributed by atoms with Crippen molar-refractivity contribution in [2.75, 3.05) is 33.2 Å². The fraction of sp³-hybridized carbons (Fsp3) is 0.414. The van der Waals surface area contributed by atoms with Crippen LogP contribution >= 0.6 is 0 Å². The molecule has 1 aliphatic heterocycles. The Bertz CT molecular complexity index is 1390. The molecule has 2 fully saturated rings. The zero-order valence-corrected chi connectivity index (χ0v) is 22.1. The van der Waals surface area contributed by atoms with Crippen LogP contribution in [0.25, 0.3) is 33.6 Å². The lowest BCUT2D eigenvalue weighted by Crippen LogP contribution is -2.49. The molecule has 1 aromatic carbocycles. The van der Waals surface area contributed by atoms with E-state index in [4.69, 9.17) is 0 Å². The van der Waals surface area contributed by atoms with Crippen LogP contribution in [-0.4, -0.2) is 78.5 Å². The molecular weight excluding hydrogens is 476 g/mol. The lowest BCUT2D eigenvalue weighted by Gasteiger charge is -2.36. The molecule has 9 heteroatoms. The molecule has 1 aliphatic carbocycles. The molecule has 0 atom stereocenters. The average molecular weight is 511 g/mol. The number of carbonyl (C=O) groups is 1. The number of hydrogen-bond donors (Lipinski definition) is 0. The Labute approximate surface area is 223 Å².